The van der Waals surface area contributed by atoms with E-state index in [1.807, 2.05) is 47.4 Å². The highest BCUT2D eigenvalue weighted by Crippen LogP contribution is 2.26. The SMILES string of the molecule is CC1CN(C(=O)COc2ccc(Cl)cc2Cc2ccccc2)C(C)CN1Cc1ccc(F)cc1. The Morgan fingerprint density at radius 1 is 0.971 bits per heavy atom. The monoisotopic (exact) mass is 480 g/mol. The van der Waals surface area contributed by atoms with Gasteiger partial charge in [0.1, 0.15) is 11.6 Å². The molecule has 1 heterocycles. The van der Waals surface area contributed by atoms with Crippen LogP contribution < -0.4 is 4.74 Å². The van der Waals surface area contributed by atoms with Crippen molar-refractivity contribution in [2.75, 3.05) is 19.7 Å². The van der Waals surface area contributed by atoms with Crippen molar-refractivity contribution >= 4 is 17.5 Å². The smallest absolute Gasteiger partial charge is 0.260 e. The molecule has 0 aromatic heterocycles. The predicted molar refractivity (Wildman–Crippen MR) is 134 cm³/mol. The first-order valence-electron chi connectivity index (χ1n) is 11.6. The summed E-state index contributed by atoms with van der Waals surface area (Å²) in [7, 11) is 0. The average Bonchev–Trinajstić information content (AvgIpc) is 2.82. The van der Waals surface area contributed by atoms with Crippen molar-refractivity contribution in [3.63, 3.8) is 0 Å². The molecular formula is C28H30ClFN2O2. The Morgan fingerprint density at radius 3 is 2.44 bits per heavy atom. The molecule has 1 aliphatic heterocycles. The van der Waals surface area contributed by atoms with Crippen LogP contribution in [0.5, 0.6) is 5.75 Å². The molecule has 4 rings (SSSR count). The Hall–Kier alpha value is -2.89. The van der Waals surface area contributed by atoms with E-state index in [1.54, 1.807) is 6.07 Å². The van der Waals surface area contributed by atoms with Gasteiger partial charge >= 0.3 is 0 Å². The van der Waals surface area contributed by atoms with E-state index in [9.17, 15) is 9.18 Å². The van der Waals surface area contributed by atoms with Crippen molar-refractivity contribution < 1.29 is 13.9 Å². The third-order valence-electron chi connectivity index (χ3n) is 6.35. The van der Waals surface area contributed by atoms with Crippen LogP contribution >= 0.6 is 11.6 Å². The molecule has 2 unspecified atom stereocenters. The molecule has 4 nitrogen and oxygen atoms in total. The van der Waals surface area contributed by atoms with Crippen LogP contribution in [0.2, 0.25) is 5.02 Å². The number of nitrogens with zero attached hydrogens (tertiary/aromatic N) is 2. The molecule has 1 saturated heterocycles. The van der Waals surface area contributed by atoms with Crippen LogP contribution in [0.25, 0.3) is 0 Å². The van der Waals surface area contributed by atoms with E-state index < -0.39 is 0 Å². The minimum absolute atomic E-state index is 0.0154. The molecule has 0 saturated carbocycles. The van der Waals surface area contributed by atoms with Gasteiger partial charge in [0.15, 0.2) is 6.61 Å². The van der Waals surface area contributed by atoms with Gasteiger partial charge in [-0.25, -0.2) is 4.39 Å². The first-order valence-corrected chi connectivity index (χ1v) is 12.0. The summed E-state index contributed by atoms with van der Waals surface area (Å²) >= 11 is 6.23. The summed E-state index contributed by atoms with van der Waals surface area (Å²) in [6, 6.07) is 22.5. The summed E-state index contributed by atoms with van der Waals surface area (Å²) in [5, 5.41) is 0.643. The number of carbonyl (C=O) groups is 1. The molecule has 34 heavy (non-hydrogen) atoms. The Bertz CT molecular complexity index is 1110. The summed E-state index contributed by atoms with van der Waals surface area (Å²) in [6.07, 6.45) is 0.681. The maximum Gasteiger partial charge on any atom is 0.260 e. The number of rotatable bonds is 7. The number of carbonyl (C=O) groups excluding carboxylic acids is 1. The average molecular weight is 481 g/mol. The summed E-state index contributed by atoms with van der Waals surface area (Å²) in [6.45, 7) is 6.28. The van der Waals surface area contributed by atoms with E-state index in [2.05, 4.69) is 30.9 Å². The van der Waals surface area contributed by atoms with Gasteiger partial charge in [0.2, 0.25) is 0 Å². The molecule has 3 aromatic rings. The van der Waals surface area contributed by atoms with Crippen LogP contribution in [0.1, 0.15) is 30.5 Å². The van der Waals surface area contributed by atoms with E-state index >= 15 is 0 Å². The van der Waals surface area contributed by atoms with Gasteiger partial charge in [0.25, 0.3) is 5.91 Å². The number of piperazine rings is 1. The molecule has 1 aliphatic rings. The highest BCUT2D eigenvalue weighted by molar-refractivity contribution is 6.30. The first kappa shape index (κ1) is 24.2. The Balaban J connectivity index is 1.36. The van der Waals surface area contributed by atoms with Crippen LogP contribution in [0.15, 0.2) is 72.8 Å². The van der Waals surface area contributed by atoms with E-state index in [0.29, 0.717) is 23.7 Å². The van der Waals surface area contributed by atoms with Gasteiger partial charge in [-0.1, -0.05) is 54.1 Å². The van der Waals surface area contributed by atoms with E-state index in [-0.39, 0.29) is 30.4 Å². The Labute approximate surface area is 205 Å². The fraction of sp³-hybridized carbons (Fsp3) is 0.321. The lowest BCUT2D eigenvalue weighted by molar-refractivity contribution is -0.139. The first-order chi connectivity index (χ1) is 16.4. The standard InChI is InChI=1S/C28H30ClFN2O2/c1-20-17-32(21(2)16-31(20)18-23-8-11-26(30)12-9-23)28(33)19-34-27-13-10-25(29)15-24(27)14-22-6-4-3-5-7-22/h3-13,15,20-21H,14,16-19H2,1-2H3. The highest BCUT2D eigenvalue weighted by Gasteiger charge is 2.32. The summed E-state index contributed by atoms with van der Waals surface area (Å²) in [5.74, 6) is 0.423. The fourth-order valence-corrected chi connectivity index (χ4v) is 4.65. The number of halogens is 2. The molecule has 0 bridgehead atoms. The molecule has 1 amide bonds. The lowest BCUT2D eigenvalue weighted by Gasteiger charge is -2.44. The summed E-state index contributed by atoms with van der Waals surface area (Å²) < 4.78 is 19.2. The van der Waals surface area contributed by atoms with Gasteiger partial charge in [-0.15, -0.1) is 0 Å². The Kier molecular flexibility index (Phi) is 7.86. The third-order valence-corrected chi connectivity index (χ3v) is 6.58. The number of hydrogen-bond acceptors (Lipinski definition) is 3. The van der Waals surface area contributed by atoms with Crippen molar-refractivity contribution in [1.29, 1.82) is 0 Å². The minimum atomic E-state index is -0.229. The molecule has 178 valence electrons. The van der Waals surface area contributed by atoms with E-state index in [1.165, 1.54) is 12.1 Å². The lowest BCUT2D eigenvalue weighted by atomic mass is 10.0. The second-order valence-corrected chi connectivity index (χ2v) is 9.44. The van der Waals surface area contributed by atoms with Crippen LogP contribution in [-0.4, -0.2) is 47.5 Å². The van der Waals surface area contributed by atoms with Crippen LogP contribution in [-0.2, 0) is 17.8 Å². The number of amides is 1. The quantitative estimate of drug-likeness (QED) is 0.443. The molecule has 1 fully saturated rings. The molecule has 0 spiro atoms. The predicted octanol–water partition coefficient (Wildman–Crippen LogP) is 5.57. The van der Waals surface area contributed by atoms with E-state index in [0.717, 1.165) is 29.8 Å². The maximum absolute atomic E-state index is 13.2. The molecular weight excluding hydrogens is 451 g/mol. The lowest BCUT2D eigenvalue weighted by Crippen LogP contribution is -2.58. The molecule has 0 N–H and O–H groups in total. The maximum atomic E-state index is 13.2. The normalized spacial score (nSPS) is 18.6. The van der Waals surface area contributed by atoms with Crippen molar-refractivity contribution in [3.8, 4) is 5.75 Å². The van der Waals surface area contributed by atoms with Gasteiger partial charge in [-0.05, 0) is 60.9 Å². The Morgan fingerprint density at radius 2 is 1.71 bits per heavy atom. The second kappa shape index (κ2) is 11.0. The number of benzene rings is 3. The van der Waals surface area contributed by atoms with Crippen molar-refractivity contribution in [2.45, 2.75) is 38.9 Å². The number of ether oxygens (including phenoxy) is 1. The van der Waals surface area contributed by atoms with Gasteiger partial charge in [-0.2, -0.15) is 0 Å². The third kappa shape index (κ3) is 6.16. The number of hydrogen-bond donors (Lipinski definition) is 0. The second-order valence-electron chi connectivity index (χ2n) is 9.00. The molecule has 3 aromatic carbocycles. The summed E-state index contributed by atoms with van der Waals surface area (Å²) in [4.78, 5) is 17.3. The van der Waals surface area contributed by atoms with Crippen LogP contribution in [0.3, 0.4) is 0 Å². The van der Waals surface area contributed by atoms with E-state index in [4.69, 9.17) is 16.3 Å². The zero-order valence-corrected chi connectivity index (χ0v) is 20.3. The zero-order valence-electron chi connectivity index (χ0n) is 19.6. The van der Waals surface area contributed by atoms with Crippen molar-refractivity contribution in [1.82, 2.24) is 9.80 Å². The van der Waals surface area contributed by atoms with Gasteiger partial charge < -0.3 is 9.64 Å². The molecule has 0 radical (unpaired) electrons. The molecule has 6 heteroatoms. The minimum Gasteiger partial charge on any atom is -0.483 e. The van der Waals surface area contributed by atoms with Gasteiger partial charge in [-0.3, -0.25) is 9.69 Å². The van der Waals surface area contributed by atoms with Crippen LogP contribution in [0, 0.1) is 5.82 Å². The molecule has 2 atom stereocenters. The molecule has 0 aliphatic carbocycles. The highest BCUT2D eigenvalue weighted by atomic mass is 35.5. The fourth-order valence-electron chi connectivity index (χ4n) is 4.46. The topological polar surface area (TPSA) is 32.8 Å². The van der Waals surface area contributed by atoms with Gasteiger partial charge in [0.05, 0.1) is 0 Å². The summed E-state index contributed by atoms with van der Waals surface area (Å²) in [5.41, 5.74) is 3.18. The van der Waals surface area contributed by atoms with Gasteiger partial charge in [0, 0.05) is 43.2 Å². The van der Waals surface area contributed by atoms with Crippen LogP contribution in [0.4, 0.5) is 4.39 Å². The van der Waals surface area contributed by atoms with Crippen molar-refractivity contribution in [3.05, 3.63) is 100 Å². The largest absolute Gasteiger partial charge is 0.483 e. The zero-order chi connectivity index (χ0) is 24.1. The van der Waals surface area contributed by atoms with Crippen molar-refractivity contribution in [2.24, 2.45) is 0 Å².